The fraction of sp³-hybridized carbons (Fsp3) is 0.235. The van der Waals surface area contributed by atoms with Gasteiger partial charge in [-0.2, -0.15) is 13.2 Å². The number of benzene rings is 1. The van der Waals surface area contributed by atoms with Crippen molar-refractivity contribution in [3.63, 3.8) is 0 Å². The van der Waals surface area contributed by atoms with Crippen LogP contribution in [0.1, 0.15) is 29.8 Å². The number of Topliss-reactive ketones (excluding diaryl/α,β-unsaturated/α-hetero) is 1. The van der Waals surface area contributed by atoms with Crippen LogP contribution in [0.25, 0.3) is 0 Å². The molecule has 1 amide bonds. The van der Waals surface area contributed by atoms with E-state index >= 15 is 0 Å². The molecule has 0 aliphatic heterocycles. The molecule has 0 radical (unpaired) electrons. The molecule has 0 aliphatic carbocycles. The number of nitrogens with zero attached hydrogens (tertiary/aromatic N) is 1. The first-order valence-electron chi connectivity index (χ1n) is 7.28. The van der Waals surface area contributed by atoms with Crippen molar-refractivity contribution in [2.24, 2.45) is 0 Å². The number of carbonyl (C=O) groups excluding carboxylic acids is 2. The predicted octanol–water partition coefficient (Wildman–Crippen LogP) is 4.42. The maximum absolute atomic E-state index is 12.5. The molecule has 25 heavy (non-hydrogen) atoms. The lowest BCUT2D eigenvalue weighted by Gasteiger charge is -2.11. The minimum Gasteiger partial charge on any atom is -0.326 e. The summed E-state index contributed by atoms with van der Waals surface area (Å²) in [4.78, 5) is 27.1. The van der Waals surface area contributed by atoms with Crippen LogP contribution in [0.4, 0.5) is 18.9 Å². The summed E-state index contributed by atoms with van der Waals surface area (Å²) < 4.78 is 37.5. The highest BCUT2D eigenvalue weighted by Crippen LogP contribution is 2.31. The molecule has 2 rings (SSSR count). The Hall–Kier alpha value is -2.35. The summed E-state index contributed by atoms with van der Waals surface area (Å²) in [6.45, 7) is 3.04. The summed E-state index contributed by atoms with van der Waals surface area (Å²) in [5.74, 6) is -0.391. The largest absolute Gasteiger partial charge is 0.417 e. The number of halogens is 3. The van der Waals surface area contributed by atoms with E-state index in [9.17, 15) is 22.8 Å². The van der Waals surface area contributed by atoms with E-state index in [1.807, 2.05) is 0 Å². The fourth-order valence-corrected chi connectivity index (χ4v) is 2.87. The molecule has 0 fully saturated rings. The lowest BCUT2D eigenvalue weighted by atomic mass is 10.1. The van der Waals surface area contributed by atoms with Crippen molar-refractivity contribution in [3.8, 4) is 0 Å². The number of ketones is 1. The number of nitrogens with one attached hydrogen (secondary N) is 1. The molecule has 0 saturated heterocycles. The van der Waals surface area contributed by atoms with E-state index in [-0.39, 0.29) is 11.7 Å². The van der Waals surface area contributed by atoms with E-state index in [1.54, 1.807) is 31.2 Å². The molecule has 8 heteroatoms. The lowest BCUT2D eigenvalue weighted by molar-refractivity contribution is -0.137. The molecule has 4 nitrogen and oxygen atoms in total. The highest BCUT2D eigenvalue weighted by molar-refractivity contribution is 8.00. The number of thioether (sulfide) groups is 1. The minimum atomic E-state index is -4.44. The van der Waals surface area contributed by atoms with Crippen molar-refractivity contribution in [1.29, 1.82) is 0 Å². The Kier molecular flexibility index (Phi) is 5.84. The van der Waals surface area contributed by atoms with Gasteiger partial charge >= 0.3 is 6.18 Å². The first-order chi connectivity index (χ1) is 11.7. The SMILES string of the molecule is CC(=O)Nc1ccc(C(=O)[C@@H](C)Sc2ccc(C(F)(F)F)cn2)cc1. The lowest BCUT2D eigenvalue weighted by Crippen LogP contribution is -2.14. The second-order valence-electron chi connectivity index (χ2n) is 5.27. The average Bonchev–Trinajstić information content (AvgIpc) is 2.54. The highest BCUT2D eigenvalue weighted by Gasteiger charge is 2.30. The molecule has 0 unspecified atom stereocenters. The van der Waals surface area contributed by atoms with Gasteiger partial charge in [0.25, 0.3) is 0 Å². The zero-order chi connectivity index (χ0) is 18.6. The van der Waals surface area contributed by atoms with Crippen LogP contribution in [0.2, 0.25) is 0 Å². The molecular weight excluding hydrogens is 353 g/mol. The Morgan fingerprint density at radius 1 is 1.12 bits per heavy atom. The van der Waals surface area contributed by atoms with E-state index in [1.165, 1.54) is 13.0 Å². The number of aromatic nitrogens is 1. The predicted molar refractivity (Wildman–Crippen MR) is 89.6 cm³/mol. The highest BCUT2D eigenvalue weighted by atomic mass is 32.2. The van der Waals surface area contributed by atoms with Gasteiger partial charge < -0.3 is 5.32 Å². The Morgan fingerprint density at radius 3 is 2.24 bits per heavy atom. The van der Waals surface area contributed by atoms with Gasteiger partial charge in [-0.25, -0.2) is 4.98 Å². The Bertz CT molecular complexity index is 759. The molecule has 2 aromatic rings. The number of hydrogen-bond donors (Lipinski definition) is 1. The van der Waals surface area contributed by atoms with Crippen molar-refractivity contribution in [2.75, 3.05) is 5.32 Å². The number of rotatable bonds is 5. The molecule has 0 saturated carbocycles. The molecule has 0 spiro atoms. The number of anilines is 1. The van der Waals surface area contributed by atoms with Gasteiger partial charge in [0, 0.05) is 24.4 Å². The van der Waals surface area contributed by atoms with Crippen LogP contribution < -0.4 is 5.32 Å². The number of alkyl halides is 3. The van der Waals surface area contributed by atoms with Crippen LogP contribution in [0, 0.1) is 0 Å². The summed E-state index contributed by atoms with van der Waals surface area (Å²) in [6, 6.07) is 8.59. The maximum Gasteiger partial charge on any atom is 0.417 e. The normalized spacial score (nSPS) is 12.5. The van der Waals surface area contributed by atoms with Crippen LogP contribution in [0.15, 0.2) is 47.6 Å². The fourth-order valence-electron chi connectivity index (χ4n) is 2.01. The minimum absolute atomic E-state index is 0.180. The quantitative estimate of drug-likeness (QED) is 0.627. The van der Waals surface area contributed by atoms with E-state index in [0.717, 1.165) is 24.0 Å². The van der Waals surface area contributed by atoms with E-state index in [4.69, 9.17) is 0 Å². The molecule has 132 valence electrons. The number of carbonyl (C=O) groups is 2. The summed E-state index contributed by atoms with van der Waals surface area (Å²) in [5.41, 5.74) is 0.194. The zero-order valence-electron chi connectivity index (χ0n) is 13.4. The van der Waals surface area contributed by atoms with Crippen molar-refractivity contribution in [2.45, 2.75) is 30.3 Å². The monoisotopic (exact) mass is 368 g/mol. The third-order valence-corrected chi connectivity index (χ3v) is 4.27. The van der Waals surface area contributed by atoms with Gasteiger partial charge in [-0.15, -0.1) is 0 Å². The van der Waals surface area contributed by atoms with E-state index in [2.05, 4.69) is 10.3 Å². The standard InChI is InChI=1S/C17H15F3N2O2S/c1-10(25-15-8-5-13(9-21-15)17(18,19)20)16(24)12-3-6-14(7-4-12)22-11(2)23/h3-10H,1-2H3,(H,22,23)/t10-/m1/s1. The molecule has 1 atom stereocenters. The van der Waals surface area contributed by atoms with Gasteiger partial charge in [0.15, 0.2) is 5.78 Å². The molecule has 1 aromatic carbocycles. The smallest absolute Gasteiger partial charge is 0.326 e. The summed E-state index contributed by atoms with van der Waals surface area (Å²) in [6.07, 6.45) is -3.69. The van der Waals surface area contributed by atoms with Crippen LogP contribution >= 0.6 is 11.8 Å². The van der Waals surface area contributed by atoms with Gasteiger partial charge in [0.1, 0.15) is 0 Å². The first-order valence-corrected chi connectivity index (χ1v) is 8.16. The summed E-state index contributed by atoms with van der Waals surface area (Å²) >= 11 is 1.08. The van der Waals surface area contributed by atoms with Crippen molar-refractivity contribution in [3.05, 3.63) is 53.7 Å². The molecule has 1 aromatic heterocycles. The number of pyridine rings is 1. The molecular formula is C17H15F3N2O2S. The Labute approximate surface area is 146 Å². The van der Waals surface area contributed by atoms with Crippen molar-refractivity contribution in [1.82, 2.24) is 4.98 Å². The third kappa shape index (κ3) is 5.32. The van der Waals surface area contributed by atoms with Crippen molar-refractivity contribution >= 4 is 29.1 Å². The summed E-state index contributed by atoms with van der Waals surface area (Å²) in [7, 11) is 0. The Balaban J connectivity index is 2.03. The second-order valence-corrected chi connectivity index (χ2v) is 6.63. The molecule has 0 bridgehead atoms. The number of hydrogen-bond acceptors (Lipinski definition) is 4. The van der Waals surface area contributed by atoms with Crippen molar-refractivity contribution < 1.29 is 22.8 Å². The maximum atomic E-state index is 12.5. The zero-order valence-corrected chi connectivity index (χ0v) is 14.2. The van der Waals surface area contributed by atoms with Gasteiger partial charge in [-0.1, -0.05) is 11.8 Å². The summed E-state index contributed by atoms with van der Waals surface area (Å²) in [5, 5.41) is 2.42. The second kappa shape index (κ2) is 7.69. The van der Waals surface area contributed by atoms with Crippen LogP contribution in [0.5, 0.6) is 0 Å². The van der Waals surface area contributed by atoms with Crippen LogP contribution in [-0.2, 0) is 11.0 Å². The van der Waals surface area contributed by atoms with Gasteiger partial charge in [-0.05, 0) is 43.3 Å². The van der Waals surface area contributed by atoms with Gasteiger partial charge in [0.05, 0.1) is 15.8 Å². The molecule has 1 heterocycles. The van der Waals surface area contributed by atoms with Crippen LogP contribution in [-0.4, -0.2) is 21.9 Å². The van der Waals surface area contributed by atoms with E-state index in [0.29, 0.717) is 16.3 Å². The van der Waals surface area contributed by atoms with Crippen LogP contribution in [0.3, 0.4) is 0 Å². The van der Waals surface area contributed by atoms with Gasteiger partial charge in [-0.3, -0.25) is 9.59 Å². The number of amides is 1. The average molecular weight is 368 g/mol. The topological polar surface area (TPSA) is 59.1 Å². The third-order valence-electron chi connectivity index (χ3n) is 3.22. The van der Waals surface area contributed by atoms with E-state index < -0.39 is 17.0 Å². The first kappa shape index (κ1) is 19.0. The Morgan fingerprint density at radius 2 is 1.76 bits per heavy atom. The molecule has 0 aliphatic rings. The van der Waals surface area contributed by atoms with Gasteiger partial charge in [0.2, 0.25) is 5.91 Å². The molecule has 1 N–H and O–H groups in total.